The summed E-state index contributed by atoms with van der Waals surface area (Å²) in [4.78, 5) is 22.2. The maximum absolute atomic E-state index is 12.3. The molecule has 2 rings (SSSR count). The Labute approximate surface area is 181 Å². The molecule has 0 spiro atoms. The molecule has 5 nitrogen and oxygen atoms in total. The molecule has 1 amide bonds. The number of pyridine rings is 1. The minimum Gasteiger partial charge on any atom is -0.301 e. The first-order chi connectivity index (χ1) is 13.3. The van der Waals surface area contributed by atoms with Gasteiger partial charge in [-0.05, 0) is 25.0 Å². The molecule has 8 heteroatoms. The molecule has 0 saturated heterocycles. The largest absolute Gasteiger partial charge is 0.301 e. The fourth-order valence-electron chi connectivity index (χ4n) is 1.87. The van der Waals surface area contributed by atoms with E-state index in [1.807, 2.05) is 32.9 Å². The van der Waals surface area contributed by atoms with Crippen LogP contribution < -0.4 is 4.90 Å². The van der Waals surface area contributed by atoms with Gasteiger partial charge in [-0.15, -0.1) is 0 Å². The monoisotopic (exact) mass is 445 g/mol. The molecular weight excluding hydrogens is 414 g/mol. The second-order valence-electron chi connectivity index (χ2n) is 6.25. The lowest BCUT2D eigenvalue weighted by molar-refractivity contribution is -0.118. The lowest BCUT2D eigenvalue weighted by atomic mass is 10.3. The third kappa shape index (κ3) is 9.75. The van der Waals surface area contributed by atoms with Crippen LogP contribution >= 0.6 is 22.9 Å². The molecule has 0 fully saturated rings. The first-order valence-electron chi connectivity index (χ1n) is 9.43. The van der Waals surface area contributed by atoms with Crippen LogP contribution in [0.25, 0.3) is 10.6 Å². The minimum absolute atomic E-state index is 0.0963. The van der Waals surface area contributed by atoms with Gasteiger partial charge in [-0.1, -0.05) is 57.6 Å². The van der Waals surface area contributed by atoms with E-state index < -0.39 is 10.8 Å². The first-order valence-corrected chi connectivity index (χ1v) is 12.4. The smallest absolute Gasteiger partial charge is 0.228 e. The van der Waals surface area contributed by atoms with Gasteiger partial charge in [-0.25, -0.2) is 4.98 Å². The van der Waals surface area contributed by atoms with E-state index in [1.165, 1.54) is 11.3 Å². The average molecular weight is 446 g/mol. The minimum atomic E-state index is -0.992. The Bertz CT molecular complexity index is 719. The predicted molar refractivity (Wildman–Crippen MR) is 124 cm³/mol. The molecule has 1 atom stereocenters. The molecule has 2 heterocycles. The second kappa shape index (κ2) is 14.7. The van der Waals surface area contributed by atoms with Crippen molar-refractivity contribution in [2.45, 2.75) is 48.0 Å². The number of aromatic nitrogens is 2. The standard InChI is InChI=1S/C14H16ClN3O2S2.C4H10.C2H6/c1-3-18(11(19)6-8-22(2)20)14-12(15)17-13(21-14)10-5-4-7-16-9-10;1-4(2)3;1-2/h4-5,7,9H,3,6,8H2,1-2H3;4H,1-3H3;1-2H3. The van der Waals surface area contributed by atoms with E-state index in [4.69, 9.17) is 11.6 Å². The van der Waals surface area contributed by atoms with Crippen molar-refractivity contribution >= 4 is 44.6 Å². The number of halogens is 1. The Kier molecular flexibility index (Phi) is 14.0. The zero-order valence-corrected chi connectivity index (χ0v) is 20.2. The summed E-state index contributed by atoms with van der Waals surface area (Å²) in [5, 5.41) is 1.64. The van der Waals surface area contributed by atoms with Gasteiger partial charge in [0.2, 0.25) is 5.91 Å². The van der Waals surface area contributed by atoms with Crippen LogP contribution in [-0.4, -0.2) is 38.6 Å². The third-order valence-electron chi connectivity index (χ3n) is 2.94. The lowest BCUT2D eigenvalue weighted by Crippen LogP contribution is -2.31. The highest BCUT2D eigenvalue weighted by molar-refractivity contribution is 7.84. The molecule has 2 aromatic heterocycles. The highest BCUT2D eigenvalue weighted by Gasteiger charge is 2.21. The SMILES string of the molecule is CC.CC(C)C.CCN(C(=O)CCS(C)=O)c1sc(-c2cccnc2)nc1Cl. The predicted octanol–water partition coefficient (Wildman–Crippen LogP) is 5.67. The normalized spacial score (nSPS) is 11.0. The molecular formula is C20H32ClN3O2S2. The molecule has 0 radical (unpaired) electrons. The topological polar surface area (TPSA) is 63.2 Å². The van der Waals surface area contributed by atoms with Crippen molar-refractivity contribution in [3.05, 3.63) is 29.7 Å². The van der Waals surface area contributed by atoms with Gasteiger partial charge in [0.05, 0.1) is 0 Å². The lowest BCUT2D eigenvalue weighted by Gasteiger charge is -2.18. The maximum Gasteiger partial charge on any atom is 0.228 e. The van der Waals surface area contributed by atoms with Gasteiger partial charge < -0.3 is 4.90 Å². The van der Waals surface area contributed by atoms with E-state index in [1.54, 1.807) is 23.5 Å². The highest BCUT2D eigenvalue weighted by Crippen LogP contribution is 2.37. The zero-order chi connectivity index (χ0) is 21.7. The van der Waals surface area contributed by atoms with Crippen molar-refractivity contribution < 1.29 is 9.00 Å². The summed E-state index contributed by atoms with van der Waals surface area (Å²) < 4.78 is 11.1. The summed E-state index contributed by atoms with van der Waals surface area (Å²) in [6, 6.07) is 3.72. The fraction of sp³-hybridized carbons (Fsp3) is 0.550. The number of rotatable bonds is 6. The van der Waals surface area contributed by atoms with Crippen LogP contribution in [0.4, 0.5) is 5.00 Å². The number of nitrogens with zero attached hydrogens (tertiary/aromatic N) is 3. The van der Waals surface area contributed by atoms with Crippen LogP contribution in [0, 0.1) is 5.92 Å². The van der Waals surface area contributed by atoms with Crippen molar-refractivity contribution in [3.63, 3.8) is 0 Å². The average Bonchev–Trinajstić information content (AvgIpc) is 3.04. The van der Waals surface area contributed by atoms with E-state index in [-0.39, 0.29) is 12.3 Å². The van der Waals surface area contributed by atoms with Crippen molar-refractivity contribution in [1.82, 2.24) is 9.97 Å². The molecule has 0 aliphatic carbocycles. The molecule has 0 aromatic carbocycles. The number of hydrogen-bond donors (Lipinski definition) is 0. The van der Waals surface area contributed by atoms with Gasteiger partial charge in [0.15, 0.2) is 5.15 Å². The number of thiazole rings is 1. The summed E-state index contributed by atoms with van der Waals surface area (Å²) in [7, 11) is -0.992. The van der Waals surface area contributed by atoms with Crippen molar-refractivity contribution in [3.8, 4) is 10.6 Å². The summed E-state index contributed by atoms with van der Waals surface area (Å²) in [6.45, 7) is 12.9. The molecule has 0 aliphatic heterocycles. The molecule has 28 heavy (non-hydrogen) atoms. The first kappa shape index (κ1) is 26.7. The summed E-state index contributed by atoms with van der Waals surface area (Å²) in [5.74, 6) is 1.09. The van der Waals surface area contributed by atoms with Gasteiger partial charge in [-0.3, -0.25) is 14.0 Å². The number of carbonyl (C=O) groups excluding carboxylic acids is 1. The van der Waals surface area contributed by atoms with Crippen molar-refractivity contribution in [1.29, 1.82) is 0 Å². The summed E-state index contributed by atoms with van der Waals surface area (Å²) in [5.41, 5.74) is 0.860. The van der Waals surface area contributed by atoms with Crippen LogP contribution in [0.1, 0.15) is 48.0 Å². The molecule has 0 N–H and O–H groups in total. The number of carbonyl (C=O) groups is 1. The van der Waals surface area contributed by atoms with Gasteiger partial charge in [0, 0.05) is 53.7 Å². The van der Waals surface area contributed by atoms with Crippen LogP contribution in [0.5, 0.6) is 0 Å². The fourth-order valence-corrected chi connectivity index (χ4v) is 3.72. The third-order valence-corrected chi connectivity index (χ3v) is 5.23. The van der Waals surface area contributed by atoms with Gasteiger partial charge in [0.1, 0.15) is 10.0 Å². The van der Waals surface area contributed by atoms with Crippen LogP contribution in [0.2, 0.25) is 5.15 Å². The van der Waals surface area contributed by atoms with E-state index in [0.29, 0.717) is 22.5 Å². The van der Waals surface area contributed by atoms with Crippen LogP contribution in [0.15, 0.2) is 24.5 Å². The summed E-state index contributed by atoms with van der Waals surface area (Å²) in [6.07, 6.45) is 5.21. The molecule has 2 aromatic rings. The maximum atomic E-state index is 12.3. The molecule has 158 valence electrons. The number of amides is 1. The molecule has 0 bridgehead atoms. The molecule has 0 saturated carbocycles. The Morgan fingerprint density at radius 3 is 2.39 bits per heavy atom. The zero-order valence-electron chi connectivity index (χ0n) is 17.9. The van der Waals surface area contributed by atoms with Gasteiger partial charge in [0.25, 0.3) is 0 Å². The van der Waals surface area contributed by atoms with E-state index in [0.717, 1.165) is 16.5 Å². The van der Waals surface area contributed by atoms with Crippen molar-refractivity contribution in [2.24, 2.45) is 5.92 Å². The Balaban J connectivity index is 0.00000108. The highest BCUT2D eigenvalue weighted by atomic mass is 35.5. The quantitative estimate of drug-likeness (QED) is 0.574. The number of anilines is 1. The Hall–Kier alpha value is -1.31. The van der Waals surface area contributed by atoms with E-state index >= 15 is 0 Å². The van der Waals surface area contributed by atoms with E-state index in [2.05, 4.69) is 30.7 Å². The number of hydrogen-bond acceptors (Lipinski definition) is 5. The molecule has 0 aliphatic rings. The van der Waals surface area contributed by atoms with E-state index in [9.17, 15) is 9.00 Å². The second-order valence-corrected chi connectivity index (χ2v) is 9.14. The Morgan fingerprint density at radius 1 is 1.32 bits per heavy atom. The van der Waals surface area contributed by atoms with Crippen molar-refractivity contribution in [2.75, 3.05) is 23.5 Å². The van der Waals surface area contributed by atoms with Crippen LogP contribution in [0.3, 0.4) is 0 Å². The summed E-state index contributed by atoms with van der Waals surface area (Å²) >= 11 is 7.55. The Morgan fingerprint density at radius 2 is 1.93 bits per heavy atom. The van der Waals surface area contributed by atoms with Gasteiger partial charge in [-0.2, -0.15) is 0 Å². The molecule has 1 unspecified atom stereocenters. The van der Waals surface area contributed by atoms with Gasteiger partial charge >= 0.3 is 0 Å². The van der Waals surface area contributed by atoms with Crippen LogP contribution in [-0.2, 0) is 15.6 Å².